The van der Waals surface area contributed by atoms with E-state index in [1.165, 1.54) is 16.8 Å². The highest BCUT2D eigenvalue weighted by Crippen LogP contribution is 2.46. The van der Waals surface area contributed by atoms with Crippen molar-refractivity contribution in [3.05, 3.63) is 29.3 Å². The van der Waals surface area contributed by atoms with E-state index in [0.29, 0.717) is 10.7 Å². The second-order valence-corrected chi connectivity index (χ2v) is 5.52. The summed E-state index contributed by atoms with van der Waals surface area (Å²) < 4.78 is 1.29. The Kier molecular flexibility index (Phi) is 1.70. The second kappa shape index (κ2) is 2.79. The van der Waals surface area contributed by atoms with Gasteiger partial charge in [-0.3, -0.25) is 4.98 Å². The second-order valence-electron chi connectivity index (χ2n) is 3.40. The molecule has 0 bridgehead atoms. The first-order valence-electron chi connectivity index (χ1n) is 4.33. The molecule has 66 valence electrons. The fourth-order valence-electron chi connectivity index (χ4n) is 1.55. The van der Waals surface area contributed by atoms with E-state index >= 15 is 0 Å². The minimum absolute atomic E-state index is 0.657. The molecule has 3 rings (SSSR count). The first-order valence-corrected chi connectivity index (χ1v) is 6.12. The highest BCUT2D eigenvalue weighted by atomic mass is 79.9. The van der Waals surface area contributed by atoms with Crippen molar-refractivity contribution in [3.8, 4) is 0 Å². The molecule has 13 heavy (non-hydrogen) atoms. The first-order chi connectivity index (χ1) is 6.34. The number of aromatic nitrogens is 1. The standard InChI is InChI=1S/C10H8BrNS/c11-7-5-6(7)8-1-2-10-9(12-8)3-4-13-10/h1-4,6-7H,5H2. The van der Waals surface area contributed by atoms with Gasteiger partial charge in [0.05, 0.1) is 10.2 Å². The summed E-state index contributed by atoms with van der Waals surface area (Å²) in [6.07, 6.45) is 1.24. The van der Waals surface area contributed by atoms with E-state index in [1.54, 1.807) is 11.3 Å². The van der Waals surface area contributed by atoms with Crippen LogP contribution in [0.25, 0.3) is 10.2 Å². The summed E-state index contributed by atoms with van der Waals surface area (Å²) in [6.45, 7) is 0. The van der Waals surface area contributed by atoms with Crippen molar-refractivity contribution in [2.24, 2.45) is 0 Å². The van der Waals surface area contributed by atoms with Crippen molar-refractivity contribution in [1.82, 2.24) is 4.98 Å². The first kappa shape index (κ1) is 7.94. The van der Waals surface area contributed by atoms with Gasteiger partial charge in [-0.1, -0.05) is 15.9 Å². The van der Waals surface area contributed by atoms with Gasteiger partial charge >= 0.3 is 0 Å². The van der Waals surface area contributed by atoms with Crippen molar-refractivity contribution in [2.75, 3.05) is 0 Å². The van der Waals surface area contributed by atoms with Crippen LogP contribution >= 0.6 is 27.3 Å². The van der Waals surface area contributed by atoms with Gasteiger partial charge < -0.3 is 0 Å². The van der Waals surface area contributed by atoms with Crippen LogP contribution in [-0.4, -0.2) is 9.81 Å². The lowest BCUT2D eigenvalue weighted by atomic mass is 10.2. The number of nitrogens with zero attached hydrogens (tertiary/aromatic N) is 1. The SMILES string of the molecule is BrC1CC1c1ccc2sccc2n1. The fraction of sp³-hybridized carbons (Fsp3) is 0.300. The highest BCUT2D eigenvalue weighted by Gasteiger charge is 2.37. The zero-order valence-electron chi connectivity index (χ0n) is 6.90. The Balaban J connectivity index is 2.10. The summed E-state index contributed by atoms with van der Waals surface area (Å²) in [5, 5.41) is 2.10. The third-order valence-electron chi connectivity index (χ3n) is 2.42. The third kappa shape index (κ3) is 1.30. The Hall–Kier alpha value is -0.410. The molecule has 1 fully saturated rings. The van der Waals surface area contributed by atoms with E-state index in [9.17, 15) is 0 Å². The topological polar surface area (TPSA) is 12.9 Å². The van der Waals surface area contributed by atoms with Crippen molar-refractivity contribution in [1.29, 1.82) is 0 Å². The molecule has 2 aromatic rings. The van der Waals surface area contributed by atoms with Gasteiger partial charge in [0.25, 0.3) is 0 Å². The molecular weight excluding hydrogens is 246 g/mol. The summed E-state index contributed by atoms with van der Waals surface area (Å²) in [5.41, 5.74) is 2.39. The third-order valence-corrected chi connectivity index (χ3v) is 4.30. The fourth-order valence-corrected chi connectivity index (χ4v) is 2.94. The lowest BCUT2D eigenvalue weighted by molar-refractivity contribution is 1.05. The van der Waals surface area contributed by atoms with E-state index in [1.807, 2.05) is 0 Å². The number of rotatable bonds is 1. The quantitative estimate of drug-likeness (QED) is 0.709. The van der Waals surface area contributed by atoms with E-state index in [4.69, 9.17) is 0 Å². The predicted molar refractivity (Wildman–Crippen MR) is 59.7 cm³/mol. The molecule has 0 aliphatic heterocycles. The Morgan fingerprint density at radius 2 is 2.23 bits per heavy atom. The molecule has 3 heteroatoms. The van der Waals surface area contributed by atoms with Gasteiger partial charge in [0, 0.05) is 16.4 Å². The number of hydrogen-bond acceptors (Lipinski definition) is 2. The number of alkyl halides is 1. The number of hydrogen-bond donors (Lipinski definition) is 0. The summed E-state index contributed by atoms with van der Waals surface area (Å²) in [4.78, 5) is 5.29. The van der Waals surface area contributed by atoms with Gasteiger partial charge in [0.15, 0.2) is 0 Å². The van der Waals surface area contributed by atoms with Crippen LogP contribution in [0, 0.1) is 0 Å². The molecule has 1 aliphatic rings. The van der Waals surface area contributed by atoms with Gasteiger partial charge in [-0.15, -0.1) is 11.3 Å². The molecular formula is C10H8BrNS. The average molecular weight is 254 g/mol. The molecule has 1 nitrogen and oxygen atoms in total. The molecule has 0 amide bonds. The van der Waals surface area contributed by atoms with Gasteiger partial charge in [-0.05, 0) is 30.0 Å². The van der Waals surface area contributed by atoms with Crippen LogP contribution in [0.5, 0.6) is 0 Å². The van der Waals surface area contributed by atoms with Crippen LogP contribution in [0.4, 0.5) is 0 Å². The normalized spacial score (nSPS) is 26.5. The maximum Gasteiger partial charge on any atom is 0.0813 e. The number of fused-ring (bicyclic) bond motifs is 1. The maximum atomic E-state index is 4.63. The lowest BCUT2D eigenvalue weighted by Crippen LogP contribution is -1.86. The molecule has 0 aromatic carbocycles. The number of thiophene rings is 1. The Labute approximate surface area is 88.9 Å². The Morgan fingerprint density at radius 3 is 3.00 bits per heavy atom. The van der Waals surface area contributed by atoms with Crippen LogP contribution in [0.3, 0.4) is 0 Å². The molecule has 2 atom stereocenters. The summed E-state index contributed by atoms with van der Waals surface area (Å²) in [5.74, 6) is 0.657. The summed E-state index contributed by atoms with van der Waals surface area (Å²) in [7, 11) is 0. The van der Waals surface area contributed by atoms with Crippen LogP contribution in [0.2, 0.25) is 0 Å². The van der Waals surface area contributed by atoms with E-state index in [0.717, 1.165) is 5.52 Å². The van der Waals surface area contributed by atoms with Crippen molar-refractivity contribution >= 4 is 37.5 Å². The molecule has 2 aromatic heterocycles. The zero-order chi connectivity index (χ0) is 8.84. The van der Waals surface area contributed by atoms with Gasteiger partial charge in [0.1, 0.15) is 0 Å². The molecule has 1 saturated carbocycles. The lowest BCUT2D eigenvalue weighted by Gasteiger charge is -1.96. The number of pyridine rings is 1. The molecule has 0 saturated heterocycles. The van der Waals surface area contributed by atoms with E-state index in [2.05, 4.69) is 44.5 Å². The van der Waals surface area contributed by atoms with Crippen molar-refractivity contribution in [2.45, 2.75) is 17.2 Å². The maximum absolute atomic E-state index is 4.63. The summed E-state index contributed by atoms with van der Waals surface area (Å²) in [6, 6.07) is 6.43. The van der Waals surface area contributed by atoms with Gasteiger partial charge in [-0.2, -0.15) is 0 Å². The summed E-state index contributed by atoms with van der Waals surface area (Å²) >= 11 is 5.36. The van der Waals surface area contributed by atoms with E-state index in [-0.39, 0.29) is 0 Å². The van der Waals surface area contributed by atoms with Crippen LogP contribution < -0.4 is 0 Å². The molecule has 2 heterocycles. The molecule has 2 unspecified atom stereocenters. The average Bonchev–Trinajstić information content (AvgIpc) is 2.70. The highest BCUT2D eigenvalue weighted by molar-refractivity contribution is 9.09. The number of halogens is 1. The molecule has 0 radical (unpaired) electrons. The van der Waals surface area contributed by atoms with Crippen molar-refractivity contribution in [3.63, 3.8) is 0 Å². The van der Waals surface area contributed by atoms with Gasteiger partial charge in [0.2, 0.25) is 0 Å². The largest absolute Gasteiger partial charge is 0.252 e. The van der Waals surface area contributed by atoms with E-state index < -0.39 is 0 Å². The Bertz CT molecular complexity index is 451. The van der Waals surface area contributed by atoms with Crippen LogP contribution in [-0.2, 0) is 0 Å². The molecule has 1 aliphatic carbocycles. The zero-order valence-corrected chi connectivity index (χ0v) is 9.31. The monoisotopic (exact) mass is 253 g/mol. The minimum atomic E-state index is 0.657. The van der Waals surface area contributed by atoms with Crippen molar-refractivity contribution < 1.29 is 0 Å². The molecule has 0 N–H and O–H groups in total. The smallest absolute Gasteiger partial charge is 0.0813 e. The Morgan fingerprint density at radius 1 is 1.38 bits per heavy atom. The van der Waals surface area contributed by atoms with Crippen LogP contribution in [0.15, 0.2) is 23.6 Å². The van der Waals surface area contributed by atoms with Crippen LogP contribution in [0.1, 0.15) is 18.0 Å². The predicted octanol–water partition coefficient (Wildman–Crippen LogP) is 3.55. The molecule has 0 spiro atoms. The minimum Gasteiger partial charge on any atom is -0.252 e. The van der Waals surface area contributed by atoms with Gasteiger partial charge in [-0.25, -0.2) is 0 Å².